The number of carbonyl (C=O) groups excluding carboxylic acids is 1. The van der Waals surface area contributed by atoms with E-state index >= 15 is 0 Å². The summed E-state index contributed by atoms with van der Waals surface area (Å²) >= 11 is 5.89. The van der Waals surface area contributed by atoms with Crippen molar-refractivity contribution in [2.75, 3.05) is 0 Å². The van der Waals surface area contributed by atoms with Crippen LogP contribution in [-0.2, 0) is 6.54 Å². The van der Waals surface area contributed by atoms with Crippen LogP contribution in [0.3, 0.4) is 0 Å². The van der Waals surface area contributed by atoms with Gasteiger partial charge in [0.1, 0.15) is 11.5 Å². The second-order valence-electron chi connectivity index (χ2n) is 4.51. The van der Waals surface area contributed by atoms with E-state index in [0.29, 0.717) is 16.4 Å². The van der Waals surface area contributed by atoms with Crippen molar-refractivity contribution in [1.29, 1.82) is 0 Å². The van der Waals surface area contributed by atoms with Gasteiger partial charge in [-0.15, -0.1) is 0 Å². The summed E-state index contributed by atoms with van der Waals surface area (Å²) < 4.78 is 15.3. The molecule has 0 aliphatic carbocycles. The zero-order valence-electron chi connectivity index (χ0n) is 10.9. The van der Waals surface area contributed by atoms with Gasteiger partial charge in [-0.3, -0.25) is 4.79 Å². The number of hydrogen-bond donors (Lipinski definition) is 1. The molecule has 3 rings (SSSR count). The zero-order chi connectivity index (χ0) is 14.8. The molecule has 0 aliphatic heterocycles. The van der Waals surface area contributed by atoms with Gasteiger partial charge in [0.25, 0.3) is 5.91 Å². The Labute approximate surface area is 125 Å². The first kappa shape index (κ1) is 13.6. The molecule has 1 amide bonds. The molecular weight excluding hydrogens is 293 g/mol. The monoisotopic (exact) mass is 303 g/mol. The number of carbonyl (C=O) groups is 1. The molecule has 0 radical (unpaired) electrons. The van der Waals surface area contributed by atoms with Crippen LogP contribution in [0, 0.1) is 5.82 Å². The van der Waals surface area contributed by atoms with Crippen molar-refractivity contribution in [2.24, 2.45) is 0 Å². The smallest absolute Gasteiger partial charge is 0.254 e. The highest BCUT2D eigenvalue weighted by Crippen LogP contribution is 2.12. The number of fused-ring (bicyclic) bond motifs is 1. The van der Waals surface area contributed by atoms with Crippen LogP contribution in [0.15, 0.2) is 48.8 Å². The molecule has 3 aromatic rings. The Balaban J connectivity index is 1.74. The van der Waals surface area contributed by atoms with E-state index in [2.05, 4.69) is 10.3 Å². The number of nitrogens with one attached hydrogen (secondary N) is 1. The van der Waals surface area contributed by atoms with Gasteiger partial charge in [0.15, 0.2) is 0 Å². The molecule has 0 aliphatic rings. The van der Waals surface area contributed by atoms with Gasteiger partial charge in [0.05, 0.1) is 17.8 Å². The molecule has 0 bridgehead atoms. The van der Waals surface area contributed by atoms with Crippen molar-refractivity contribution in [3.05, 3.63) is 70.9 Å². The van der Waals surface area contributed by atoms with Gasteiger partial charge in [-0.2, -0.15) is 0 Å². The summed E-state index contributed by atoms with van der Waals surface area (Å²) in [6, 6.07) is 9.32. The quantitative estimate of drug-likeness (QED) is 0.808. The van der Waals surface area contributed by atoms with Crippen LogP contribution in [0.4, 0.5) is 4.39 Å². The van der Waals surface area contributed by atoms with Gasteiger partial charge in [0.2, 0.25) is 0 Å². The molecule has 4 nitrogen and oxygen atoms in total. The highest BCUT2D eigenvalue weighted by atomic mass is 35.5. The summed E-state index contributed by atoms with van der Waals surface area (Å²) in [5.41, 5.74) is 1.38. The van der Waals surface area contributed by atoms with E-state index in [9.17, 15) is 9.18 Å². The fourth-order valence-electron chi connectivity index (χ4n) is 2.01. The second-order valence-corrected chi connectivity index (χ2v) is 4.94. The molecule has 2 aromatic heterocycles. The van der Waals surface area contributed by atoms with Crippen LogP contribution in [-0.4, -0.2) is 15.3 Å². The van der Waals surface area contributed by atoms with Gasteiger partial charge in [-0.1, -0.05) is 23.7 Å². The van der Waals surface area contributed by atoms with E-state index in [-0.39, 0.29) is 12.1 Å². The fraction of sp³-hybridized carbons (Fsp3) is 0.0667. The minimum Gasteiger partial charge on any atom is -0.346 e. The van der Waals surface area contributed by atoms with Gasteiger partial charge < -0.3 is 9.72 Å². The topological polar surface area (TPSA) is 46.4 Å². The minimum atomic E-state index is -0.545. The lowest BCUT2D eigenvalue weighted by molar-refractivity contribution is 0.0946. The molecule has 0 unspecified atom stereocenters. The maximum Gasteiger partial charge on any atom is 0.254 e. The Morgan fingerprint density at radius 2 is 2.14 bits per heavy atom. The molecule has 0 fully saturated rings. The van der Waals surface area contributed by atoms with Gasteiger partial charge in [-0.25, -0.2) is 9.37 Å². The largest absolute Gasteiger partial charge is 0.346 e. The summed E-state index contributed by atoms with van der Waals surface area (Å²) in [7, 11) is 0. The Kier molecular flexibility index (Phi) is 3.58. The zero-order valence-corrected chi connectivity index (χ0v) is 11.6. The summed E-state index contributed by atoms with van der Waals surface area (Å²) in [5, 5.41) is 3.24. The van der Waals surface area contributed by atoms with E-state index in [1.807, 2.05) is 0 Å². The summed E-state index contributed by atoms with van der Waals surface area (Å²) in [4.78, 5) is 16.2. The van der Waals surface area contributed by atoms with E-state index in [1.54, 1.807) is 35.0 Å². The number of imidazole rings is 1. The number of aromatic nitrogens is 2. The molecule has 0 saturated heterocycles. The predicted octanol–water partition coefficient (Wildman–Crippen LogP) is 3.06. The van der Waals surface area contributed by atoms with E-state index in [1.165, 1.54) is 18.2 Å². The van der Waals surface area contributed by atoms with Crippen molar-refractivity contribution in [2.45, 2.75) is 6.54 Å². The van der Waals surface area contributed by atoms with Crippen LogP contribution in [0.1, 0.15) is 16.1 Å². The Morgan fingerprint density at radius 1 is 1.33 bits per heavy atom. The lowest BCUT2D eigenvalue weighted by Gasteiger charge is -2.03. The molecule has 21 heavy (non-hydrogen) atoms. The molecular formula is C15H11ClFN3O. The van der Waals surface area contributed by atoms with Crippen molar-refractivity contribution >= 4 is 23.2 Å². The summed E-state index contributed by atoms with van der Waals surface area (Å²) in [5.74, 6) is -1.01. The molecule has 106 valence electrons. The van der Waals surface area contributed by atoms with Crippen LogP contribution in [0.25, 0.3) is 5.65 Å². The van der Waals surface area contributed by atoms with Crippen LogP contribution >= 0.6 is 11.6 Å². The van der Waals surface area contributed by atoms with Crippen LogP contribution < -0.4 is 5.32 Å². The van der Waals surface area contributed by atoms with Crippen LogP contribution in [0.5, 0.6) is 0 Å². The normalized spacial score (nSPS) is 10.8. The first-order chi connectivity index (χ1) is 10.1. The third-order valence-corrected chi connectivity index (χ3v) is 3.26. The van der Waals surface area contributed by atoms with Crippen LogP contribution in [0.2, 0.25) is 5.02 Å². The van der Waals surface area contributed by atoms with Crippen molar-refractivity contribution < 1.29 is 9.18 Å². The number of pyridine rings is 1. The predicted molar refractivity (Wildman–Crippen MR) is 77.8 cm³/mol. The van der Waals surface area contributed by atoms with E-state index < -0.39 is 11.7 Å². The number of halogens is 2. The fourth-order valence-corrected chi connectivity index (χ4v) is 2.16. The molecule has 0 saturated carbocycles. The first-order valence-electron chi connectivity index (χ1n) is 6.29. The van der Waals surface area contributed by atoms with Gasteiger partial charge in [-0.05, 0) is 24.3 Å². The molecule has 2 heterocycles. The average Bonchev–Trinajstić information content (AvgIpc) is 2.87. The highest BCUT2D eigenvalue weighted by molar-refractivity contribution is 6.30. The maximum atomic E-state index is 13.5. The molecule has 0 spiro atoms. The number of benzene rings is 1. The lowest BCUT2D eigenvalue weighted by Crippen LogP contribution is -2.23. The van der Waals surface area contributed by atoms with Crippen molar-refractivity contribution in [3.8, 4) is 0 Å². The van der Waals surface area contributed by atoms with Crippen molar-refractivity contribution in [1.82, 2.24) is 14.7 Å². The average molecular weight is 304 g/mol. The van der Waals surface area contributed by atoms with Gasteiger partial charge >= 0.3 is 0 Å². The first-order valence-corrected chi connectivity index (χ1v) is 6.67. The second kappa shape index (κ2) is 5.54. The van der Waals surface area contributed by atoms with Gasteiger partial charge in [0, 0.05) is 17.4 Å². The highest BCUT2D eigenvalue weighted by Gasteiger charge is 2.11. The maximum absolute atomic E-state index is 13.5. The minimum absolute atomic E-state index is 0.0179. The van der Waals surface area contributed by atoms with E-state index in [4.69, 9.17) is 11.6 Å². The SMILES string of the molecule is O=C(NCc1cn2ccc(Cl)cc2n1)c1ccccc1F. The Morgan fingerprint density at radius 3 is 2.95 bits per heavy atom. The number of amides is 1. The molecule has 0 atom stereocenters. The Bertz CT molecular complexity index is 816. The number of rotatable bonds is 3. The number of hydrogen-bond acceptors (Lipinski definition) is 2. The van der Waals surface area contributed by atoms with E-state index in [0.717, 1.165) is 0 Å². The summed E-state index contributed by atoms with van der Waals surface area (Å²) in [6.07, 6.45) is 3.57. The third kappa shape index (κ3) is 2.87. The number of nitrogens with zero attached hydrogens (tertiary/aromatic N) is 2. The third-order valence-electron chi connectivity index (χ3n) is 3.02. The molecule has 1 aromatic carbocycles. The lowest BCUT2D eigenvalue weighted by atomic mass is 10.2. The Hall–Kier alpha value is -2.40. The standard InChI is InChI=1S/C15H11ClFN3O/c16-10-5-6-20-9-11(19-14(20)7-10)8-18-15(21)12-3-1-2-4-13(12)17/h1-7,9H,8H2,(H,18,21). The molecule has 6 heteroatoms. The molecule has 1 N–H and O–H groups in total. The van der Waals surface area contributed by atoms with Crippen molar-refractivity contribution in [3.63, 3.8) is 0 Å². The summed E-state index contributed by atoms with van der Waals surface area (Å²) in [6.45, 7) is 0.215.